The van der Waals surface area contributed by atoms with Crippen molar-refractivity contribution >= 4 is 23.2 Å². The Bertz CT molecular complexity index is 688. The molecule has 2 aromatic carbocycles. The van der Waals surface area contributed by atoms with Crippen LogP contribution in [-0.2, 0) is 11.3 Å². The molecule has 0 aromatic heterocycles. The molecule has 0 heterocycles. The second-order valence-electron chi connectivity index (χ2n) is 5.27. The number of carbonyl (C=O) groups is 1. The van der Waals surface area contributed by atoms with Gasteiger partial charge in [0, 0.05) is 28.4 Å². The van der Waals surface area contributed by atoms with Crippen LogP contribution in [0, 0.1) is 0 Å². The molecular formula is C19H22ClNO3. The Morgan fingerprint density at radius 1 is 1.17 bits per heavy atom. The zero-order valence-corrected chi connectivity index (χ0v) is 14.7. The molecule has 24 heavy (non-hydrogen) atoms. The molecule has 0 fully saturated rings. The number of ether oxygens (including phenoxy) is 2. The number of benzene rings is 2. The molecule has 1 N–H and O–H groups in total. The average Bonchev–Trinajstić information content (AvgIpc) is 2.56. The number of halogens is 1. The summed E-state index contributed by atoms with van der Waals surface area (Å²) in [6.45, 7) is 5.63. The molecular weight excluding hydrogens is 326 g/mol. The van der Waals surface area contributed by atoms with Crippen molar-refractivity contribution < 1.29 is 14.3 Å². The lowest BCUT2D eigenvalue weighted by Gasteiger charge is -2.13. The van der Waals surface area contributed by atoms with E-state index in [1.54, 1.807) is 42.5 Å². The van der Waals surface area contributed by atoms with Crippen LogP contribution in [0.15, 0.2) is 42.5 Å². The average molecular weight is 348 g/mol. The second kappa shape index (κ2) is 9.30. The van der Waals surface area contributed by atoms with E-state index in [0.29, 0.717) is 36.1 Å². The first-order valence-corrected chi connectivity index (χ1v) is 8.42. The van der Waals surface area contributed by atoms with Gasteiger partial charge in [-0.05, 0) is 49.7 Å². The normalized spacial score (nSPS) is 10.5. The van der Waals surface area contributed by atoms with Crippen LogP contribution in [0.3, 0.4) is 0 Å². The lowest BCUT2D eigenvalue weighted by atomic mass is 10.1. The molecule has 4 nitrogen and oxygen atoms in total. The van der Waals surface area contributed by atoms with Crippen molar-refractivity contribution in [2.75, 3.05) is 18.5 Å². The molecule has 128 valence electrons. The van der Waals surface area contributed by atoms with Gasteiger partial charge in [-0.15, -0.1) is 0 Å². The number of anilines is 1. The standard InChI is InChI=1S/C19H22ClNO3/c1-3-10-23-13-15-11-14(8-9-18(15)24-4-2)19(22)21-17-7-5-6-16(20)12-17/h5-9,11-12H,3-4,10,13H2,1-2H3,(H,21,22). The van der Waals surface area contributed by atoms with Crippen LogP contribution in [0.25, 0.3) is 0 Å². The summed E-state index contributed by atoms with van der Waals surface area (Å²) in [6, 6.07) is 12.4. The lowest BCUT2D eigenvalue weighted by molar-refractivity contribution is 0.102. The highest BCUT2D eigenvalue weighted by Crippen LogP contribution is 2.23. The fraction of sp³-hybridized carbons (Fsp3) is 0.316. The molecule has 0 bridgehead atoms. The maximum Gasteiger partial charge on any atom is 0.255 e. The predicted molar refractivity (Wildman–Crippen MR) is 97.0 cm³/mol. The summed E-state index contributed by atoms with van der Waals surface area (Å²) < 4.78 is 11.2. The summed E-state index contributed by atoms with van der Waals surface area (Å²) in [7, 11) is 0. The molecule has 0 atom stereocenters. The first kappa shape index (κ1) is 18.3. The van der Waals surface area contributed by atoms with Crippen LogP contribution < -0.4 is 10.1 Å². The van der Waals surface area contributed by atoms with E-state index in [9.17, 15) is 4.79 Å². The van der Waals surface area contributed by atoms with Gasteiger partial charge in [-0.3, -0.25) is 4.79 Å². The minimum Gasteiger partial charge on any atom is -0.494 e. The van der Waals surface area contributed by atoms with Gasteiger partial charge in [0.1, 0.15) is 5.75 Å². The fourth-order valence-corrected chi connectivity index (χ4v) is 2.42. The van der Waals surface area contributed by atoms with Crippen molar-refractivity contribution in [1.82, 2.24) is 0 Å². The van der Waals surface area contributed by atoms with Crippen molar-refractivity contribution in [2.45, 2.75) is 26.9 Å². The van der Waals surface area contributed by atoms with Crippen LogP contribution in [0.5, 0.6) is 5.75 Å². The monoisotopic (exact) mass is 347 g/mol. The number of carbonyl (C=O) groups excluding carboxylic acids is 1. The summed E-state index contributed by atoms with van der Waals surface area (Å²) in [5, 5.41) is 3.42. The first-order valence-electron chi connectivity index (χ1n) is 8.04. The third-order valence-electron chi connectivity index (χ3n) is 3.31. The molecule has 5 heteroatoms. The van der Waals surface area contributed by atoms with Crippen molar-refractivity contribution in [3.05, 3.63) is 58.6 Å². The highest BCUT2D eigenvalue weighted by Gasteiger charge is 2.11. The SMILES string of the molecule is CCCOCc1cc(C(=O)Nc2cccc(Cl)c2)ccc1OCC. The van der Waals surface area contributed by atoms with Gasteiger partial charge in [0.15, 0.2) is 0 Å². The minimum atomic E-state index is -0.197. The second-order valence-corrected chi connectivity index (χ2v) is 5.71. The summed E-state index contributed by atoms with van der Waals surface area (Å²) in [5.41, 5.74) is 2.07. The topological polar surface area (TPSA) is 47.6 Å². The van der Waals surface area contributed by atoms with E-state index in [0.717, 1.165) is 17.7 Å². The van der Waals surface area contributed by atoms with Crippen molar-refractivity contribution in [1.29, 1.82) is 0 Å². The molecule has 0 aliphatic carbocycles. The molecule has 0 saturated heterocycles. The summed E-state index contributed by atoms with van der Waals surface area (Å²) >= 11 is 5.94. The highest BCUT2D eigenvalue weighted by atomic mass is 35.5. The summed E-state index contributed by atoms with van der Waals surface area (Å²) in [4.78, 5) is 12.4. The van der Waals surface area contributed by atoms with E-state index in [-0.39, 0.29) is 5.91 Å². The van der Waals surface area contributed by atoms with Gasteiger partial charge in [-0.2, -0.15) is 0 Å². The van der Waals surface area contributed by atoms with E-state index in [4.69, 9.17) is 21.1 Å². The maximum atomic E-state index is 12.4. The minimum absolute atomic E-state index is 0.197. The molecule has 0 saturated carbocycles. The van der Waals surface area contributed by atoms with Crippen LogP contribution in [0.1, 0.15) is 36.2 Å². The van der Waals surface area contributed by atoms with Crippen LogP contribution >= 0.6 is 11.6 Å². The van der Waals surface area contributed by atoms with Crippen molar-refractivity contribution in [3.8, 4) is 5.75 Å². The van der Waals surface area contributed by atoms with Gasteiger partial charge in [-0.1, -0.05) is 24.6 Å². The van der Waals surface area contributed by atoms with Crippen molar-refractivity contribution in [2.24, 2.45) is 0 Å². The maximum absolute atomic E-state index is 12.4. The molecule has 0 spiro atoms. The first-order chi connectivity index (χ1) is 11.6. The Labute approximate surface area is 147 Å². The van der Waals surface area contributed by atoms with E-state index in [1.165, 1.54) is 0 Å². The van der Waals surface area contributed by atoms with Crippen molar-refractivity contribution in [3.63, 3.8) is 0 Å². The quantitative estimate of drug-likeness (QED) is 0.689. The largest absolute Gasteiger partial charge is 0.494 e. The van der Waals surface area contributed by atoms with Crippen LogP contribution in [-0.4, -0.2) is 19.1 Å². The van der Waals surface area contributed by atoms with Crippen LogP contribution in [0.2, 0.25) is 5.02 Å². The molecule has 1 amide bonds. The Morgan fingerprint density at radius 2 is 2.00 bits per heavy atom. The number of hydrogen-bond donors (Lipinski definition) is 1. The van der Waals surface area contributed by atoms with Gasteiger partial charge in [0.2, 0.25) is 0 Å². The molecule has 0 unspecified atom stereocenters. The molecule has 2 aromatic rings. The predicted octanol–water partition coefficient (Wildman–Crippen LogP) is 4.92. The van der Waals surface area contributed by atoms with E-state index >= 15 is 0 Å². The molecule has 2 rings (SSSR count). The number of rotatable bonds is 8. The lowest BCUT2D eigenvalue weighted by Crippen LogP contribution is -2.13. The summed E-state index contributed by atoms with van der Waals surface area (Å²) in [5.74, 6) is 0.546. The zero-order chi connectivity index (χ0) is 17.4. The molecule has 0 aliphatic heterocycles. The summed E-state index contributed by atoms with van der Waals surface area (Å²) in [6.07, 6.45) is 0.943. The van der Waals surface area contributed by atoms with Gasteiger partial charge in [-0.25, -0.2) is 0 Å². The van der Waals surface area contributed by atoms with Gasteiger partial charge in [0.05, 0.1) is 13.2 Å². The van der Waals surface area contributed by atoms with Gasteiger partial charge in [0.25, 0.3) is 5.91 Å². The molecule has 0 radical (unpaired) electrons. The molecule has 0 aliphatic rings. The third-order valence-corrected chi connectivity index (χ3v) is 3.55. The van der Waals surface area contributed by atoms with E-state index in [2.05, 4.69) is 12.2 Å². The number of nitrogens with one attached hydrogen (secondary N) is 1. The number of amides is 1. The highest BCUT2D eigenvalue weighted by molar-refractivity contribution is 6.30. The Hall–Kier alpha value is -2.04. The Morgan fingerprint density at radius 3 is 2.71 bits per heavy atom. The Kier molecular flexibility index (Phi) is 7.09. The number of hydrogen-bond acceptors (Lipinski definition) is 3. The van der Waals surface area contributed by atoms with Gasteiger partial charge >= 0.3 is 0 Å². The smallest absolute Gasteiger partial charge is 0.255 e. The Balaban J connectivity index is 2.16. The van der Waals surface area contributed by atoms with Crippen LogP contribution in [0.4, 0.5) is 5.69 Å². The fourth-order valence-electron chi connectivity index (χ4n) is 2.23. The van der Waals surface area contributed by atoms with E-state index in [1.807, 2.05) is 6.92 Å². The third kappa shape index (κ3) is 5.25. The zero-order valence-electron chi connectivity index (χ0n) is 14.0. The van der Waals surface area contributed by atoms with E-state index < -0.39 is 0 Å². The van der Waals surface area contributed by atoms with Gasteiger partial charge < -0.3 is 14.8 Å².